The van der Waals surface area contributed by atoms with Crippen molar-refractivity contribution in [2.24, 2.45) is 0 Å². The van der Waals surface area contributed by atoms with Gasteiger partial charge in [0.25, 0.3) is 0 Å². The summed E-state index contributed by atoms with van der Waals surface area (Å²) in [6, 6.07) is 6.54. The van der Waals surface area contributed by atoms with Gasteiger partial charge >= 0.3 is 6.09 Å². The standard InChI is InChI=1S/C14H16ClN3O3/c1-14(2,3)20-13(19)17-8-4-5-10(15)9(6-8)11-7-12(16)21-18-11/h4-7H,16H2,1-3H3,(H,17,19). The lowest BCUT2D eigenvalue weighted by atomic mass is 10.1. The predicted molar refractivity (Wildman–Crippen MR) is 81.2 cm³/mol. The van der Waals surface area contributed by atoms with E-state index in [0.29, 0.717) is 22.0 Å². The van der Waals surface area contributed by atoms with Gasteiger partial charge in [0.15, 0.2) is 0 Å². The molecule has 0 spiro atoms. The minimum absolute atomic E-state index is 0.187. The number of anilines is 2. The summed E-state index contributed by atoms with van der Waals surface area (Å²) in [5, 5.41) is 6.90. The van der Waals surface area contributed by atoms with Crippen LogP contribution in [0.4, 0.5) is 16.4 Å². The molecule has 6 nitrogen and oxygen atoms in total. The lowest BCUT2D eigenvalue weighted by Gasteiger charge is -2.19. The van der Waals surface area contributed by atoms with E-state index in [0.717, 1.165) is 0 Å². The van der Waals surface area contributed by atoms with Crippen molar-refractivity contribution in [1.29, 1.82) is 0 Å². The predicted octanol–water partition coefficient (Wildman–Crippen LogP) is 3.92. The number of carbonyl (C=O) groups excluding carboxylic acids is 1. The molecule has 7 heteroatoms. The number of hydrogen-bond donors (Lipinski definition) is 2. The van der Waals surface area contributed by atoms with Crippen molar-refractivity contribution in [2.75, 3.05) is 11.1 Å². The molecule has 0 radical (unpaired) electrons. The number of aromatic nitrogens is 1. The number of carbonyl (C=O) groups is 1. The highest BCUT2D eigenvalue weighted by Gasteiger charge is 2.17. The average Bonchev–Trinajstić information content (AvgIpc) is 2.76. The molecule has 3 N–H and O–H groups in total. The van der Waals surface area contributed by atoms with Gasteiger partial charge in [-0.3, -0.25) is 5.32 Å². The molecule has 0 aliphatic rings. The molecule has 0 aliphatic carbocycles. The van der Waals surface area contributed by atoms with Crippen LogP contribution in [0.2, 0.25) is 5.02 Å². The Hall–Kier alpha value is -2.21. The van der Waals surface area contributed by atoms with E-state index in [1.54, 1.807) is 45.0 Å². The molecular formula is C14H16ClN3O3. The quantitative estimate of drug-likeness (QED) is 0.877. The summed E-state index contributed by atoms with van der Waals surface area (Å²) >= 11 is 6.12. The van der Waals surface area contributed by atoms with E-state index in [2.05, 4.69) is 10.5 Å². The van der Waals surface area contributed by atoms with E-state index < -0.39 is 11.7 Å². The Kier molecular flexibility index (Phi) is 4.09. The van der Waals surface area contributed by atoms with Crippen molar-refractivity contribution in [3.05, 3.63) is 29.3 Å². The molecule has 1 amide bonds. The first-order valence-corrected chi connectivity index (χ1v) is 6.64. The van der Waals surface area contributed by atoms with Crippen LogP contribution in [0, 0.1) is 0 Å². The zero-order chi connectivity index (χ0) is 15.6. The van der Waals surface area contributed by atoms with Crippen LogP contribution in [-0.2, 0) is 4.74 Å². The summed E-state index contributed by atoms with van der Waals surface area (Å²) in [5.41, 5.74) is 6.55. The fraction of sp³-hybridized carbons (Fsp3) is 0.286. The summed E-state index contributed by atoms with van der Waals surface area (Å²) in [5.74, 6) is 0.187. The topological polar surface area (TPSA) is 90.4 Å². The van der Waals surface area contributed by atoms with Gasteiger partial charge in [0, 0.05) is 17.3 Å². The van der Waals surface area contributed by atoms with Crippen molar-refractivity contribution < 1.29 is 14.1 Å². The van der Waals surface area contributed by atoms with Crippen LogP contribution < -0.4 is 11.1 Å². The van der Waals surface area contributed by atoms with Gasteiger partial charge in [-0.15, -0.1) is 0 Å². The maximum Gasteiger partial charge on any atom is 0.412 e. The second kappa shape index (κ2) is 5.65. The molecule has 1 aromatic carbocycles. The Morgan fingerprint density at radius 2 is 2.10 bits per heavy atom. The summed E-state index contributed by atoms with van der Waals surface area (Å²) in [7, 11) is 0. The normalized spacial score (nSPS) is 11.2. The van der Waals surface area contributed by atoms with Gasteiger partial charge in [-0.1, -0.05) is 16.8 Å². The third-order valence-corrected chi connectivity index (χ3v) is 2.75. The van der Waals surface area contributed by atoms with Gasteiger partial charge in [-0.25, -0.2) is 4.79 Å². The van der Waals surface area contributed by atoms with Gasteiger partial charge in [0.1, 0.15) is 11.3 Å². The largest absolute Gasteiger partial charge is 0.444 e. The van der Waals surface area contributed by atoms with Crippen LogP contribution in [-0.4, -0.2) is 16.9 Å². The number of nitrogens with zero attached hydrogens (tertiary/aromatic N) is 1. The van der Waals surface area contributed by atoms with Crippen molar-refractivity contribution in [3.63, 3.8) is 0 Å². The number of amides is 1. The zero-order valence-corrected chi connectivity index (χ0v) is 12.7. The highest BCUT2D eigenvalue weighted by molar-refractivity contribution is 6.33. The van der Waals surface area contributed by atoms with E-state index in [1.807, 2.05) is 0 Å². The van der Waals surface area contributed by atoms with E-state index in [1.165, 1.54) is 0 Å². The van der Waals surface area contributed by atoms with Crippen LogP contribution in [0.1, 0.15) is 20.8 Å². The van der Waals surface area contributed by atoms with Crippen LogP contribution in [0.5, 0.6) is 0 Å². The third-order valence-electron chi connectivity index (χ3n) is 2.42. The Balaban J connectivity index is 2.21. The van der Waals surface area contributed by atoms with E-state index >= 15 is 0 Å². The van der Waals surface area contributed by atoms with Crippen molar-refractivity contribution >= 4 is 29.3 Å². The molecule has 0 unspecified atom stereocenters. The number of nitrogens with one attached hydrogen (secondary N) is 1. The number of benzene rings is 1. The molecule has 0 atom stereocenters. The minimum atomic E-state index is -0.570. The summed E-state index contributed by atoms with van der Waals surface area (Å²) in [6.45, 7) is 5.37. The smallest absolute Gasteiger partial charge is 0.412 e. The molecule has 2 aromatic rings. The second-order valence-corrected chi connectivity index (χ2v) is 5.84. The summed E-state index contributed by atoms with van der Waals surface area (Å²) in [4.78, 5) is 11.7. The maximum absolute atomic E-state index is 11.7. The average molecular weight is 310 g/mol. The lowest BCUT2D eigenvalue weighted by molar-refractivity contribution is 0.0636. The Bertz CT molecular complexity index is 662. The van der Waals surface area contributed by atoms with Crippen molar-refractivity contribution in [3.8, 4) is 11.3 Å². The molecule has 21 heavy (non-hydrogen) atoms. The Labute approximate surface area is 127 Å². The fourth-order valence-electron chi connectivity index (χ4n) is 1.64. The van der Waals surface area contributed by atoms with E-state index in [9.17, 15) is 4.79 Å². The second-order valence-electron chi connectivity index (χ2n) is 5.44. The molecule has 2 rings (SSSR count). The number of halogens is 1. The third kappa shape index (κ3) is 4.13. The van der Waals surface area contributed by atoms with Gasteiger partial charge in [-0.05, 0) is 39.0 Å². The number of hydrogen-bond acceptors (Lipinski definition) is 5. The van der Waals surface area contributed by atoms with E-state index in [-0.39, 0.29) is 5.88 Å². The molecule has 1 aromatic heterocycles. The first kappa shape index (κ1) is 15.2. The minimum Gasteiger partial charge on any atom is -0.444 e. The molecule has 0 fully saturated rings. The maximum atomic E-state index is 11.7. The number of rotatable bonds is 2. The number of nitrogen functional groups attached to an aromatic ring is 1. The Morgan fingerprint density at radius 3 is 2.67 bits per heavy atom. The fourth-order valence-corrected chi connectivity index (χ4v) is 1.85. The lowest BCUT2D eigenvalue weighted by Crippen LogP contribution is -2.27. The number of nitrogens with two attached hydrogens (primary N) is 1. The Morgan fingerprint density at radius 1 is 1.38 bits per heavy atom. The molecule has 112 valence electrons. The summed E-state index contributed by atoms with van der Waals surface area (Å²) < 4.78 is 10.0. The highest BCUT2D eigenvalue weighted by atomic mass is 35.5. The van der Waals surface area contributed by atoms with Crippen LogP contribution in [0.25, 0.3) is 11.3 Å². The summed E-state index contributed by atoms with van der Waals surface area (Å²) in [6.07, 6.45) is -0.546. The molecule has 0 bridgehead atoms. The molecule has 0 saturated heterocycles. The van der Waals surface area contributed by atoms with Crippen LogP contribution >= 0.6 is 11.6 Å². The van der Waals surface area contributed by atoms with Gasteiger partial charge in [-0.2, -0.15) is 0 Å². The van der Waals surface area contributed by atoms with Crippen LogP contribution in [0.3, 0.4) is 0 Å². The van der Waals surface area contributed by atoms with Crippen molar-refractivity contribution in [1.82, 2.24) is 5.16 Å². The van der Waals surface area contributed by atoms with Gasteiger partial charge < -0.3 is 15.0 Å². The van der Waals surface area contributed by atoms with Crippen molar-refractivity contribution in [2.45, 2.75) is 26.4 Å². The molecule has 0 saturated carbocycles. The number of ether oxygens (including phenoxy) is 1. The van der Waals surface area contributed by atoms with Crippen LogP contribution in [0.15, 0.2) is 28.8 Å². The first-order chi connectivity index (χ1) is 9.74. The first-order valence-electron chi connectivity index (χ1n) is 6.27. The SMILES string of the molecule is CC(C)(C)OC(=O)Nc1ccc(Cl)c(-c2cc(N)on2)c1. The monoisotopic (exact) mass is 309 g/mol. The molecular weight excluding hydrogens is 294 g/mol. The highest BCUT2D eigenvalue weighted by Crippen LogP contribution is 2.30. The van der Waals surface area contributed by atoms with E-state index in [4.69, 9.17) is 26.6 Å². The molecule has 1 heterocycles. The van der Waals surface area contributed by atoms with Gasteiger partial charge in [0.2, 0.25) is 5.88 Å². The van der Waals surface area contributed by atoms with Gasteiger partial charge in [0.05, 0.1) is 5.02 Å². The molecule has 0 aliphatic heterocycles. The zero-order valence-electron chi connectivity index (χ0n) is 11.9.